The standard InChI is InChI=1S/C9H18N2O2/c1-9(2,8(10)12)11-6-4-7(5-6)13-3/h6-7,11H,4-5H2,1-3H3,(H2,10,12). The smallest absolute Gasteiger partial charge is 0.237 e. The lowest BCUT2D eigenvalue weighted by atomic mass is 9.87. The number of hydrogen-bond acceptors (Lipinski definition) is 3. The van der Waals surface area contributed by atoms with Gasteiger partial charge in [-0.25, -0.2) is 0 Å². The van der Waals surface area contributed by atoms with Crippen LogP contribution >= 0.6 is 0 Å². The summed E-state index contributed by atoms with van der Waals surface area (Å²) in [6.45, 7) is 3.60. The summed E-state index contributed by atoms with van der Waals surface area (Å²) in [7, 11) is 1.71. The van der Waals surface area contributed by atoms with E-state index >= 15 is 0 Å². The Kier molecular flexibility index (Phi) is 2.93. The van der Waals surface area contributed by atoms with Crippen LogP contribution in [0.4, 0.5) is 0 Å². The van der Waals surface area contributed by atoms with E-state index in [1.807, 2.05) is 0 Å². The van der Waals surface area contributed by atoms with E-state index in [0.717, 1.165) is 12.8 Å². The van der Waals surface area contributed by atoms with Gasteiger partial charge in [0.05, 0.1) is 11.6 Å². The van der Waals surface area contributed by atoms with Crippen molar-refractivity contribution < 1.29 is 9.53 Å². The van der Waals surface area contributed by atoms with Gasteiger partial charge in [-0.15, -0.1) is 0 Å². The first-order valence-electron chi connectivity index (χ1n) is 4.56. The molecule has 1 aliphatic carbocycles. The summed E-state index contributed by atoms with van der Waals surface area (Å²) in [5.41, 5.74) is 4.62. The highest BCUT2D eigenvalue weighted by Gasteiger charge is 2.35. The zero-order valence-electron chi connectivity index (χ0n) is 8.46. The van der Waals surface area contributed by atoms with Crippen molar-refractivity contribution in [2.24, 2.45) is 5.73 Å². The highest BCUT2D eigenvalue weighted by atomic mass is 16.5. The second kappa shape index (κ2) is 3.64. The molecule has 0 aromatic heterocycles. The van der Waals surface area contributed by atoms with Crippen LogP contribution in [0.3, 0.4) is 0 Å². The first kappa shape index (κ1) is 10.5. The van der Waals surface area contributed by atoms with Gasteiger partial charge in [0, 0.05) is 13.2 Å². The summed E-state index contributed by atoms with van der Waals surface area (Å²) in [5.74, 6) is -0.312. The van der Waals surface area contributed by atoms with Gasteiger partial charge < -0.3 is 15.8 Å². The Labute approximate surface area is 78.8 Å². The third kappa shape index (κ3) is 2.42. The second-order valence-electron chi connectivity index (χ2n) is 4.16. The first-order valence-corrected chi connectivity index (χ1v) is 4.56. The van der Waals surface area contributed by atoms with Crippen LogP contribution in [0.15, 0.2) is 0 Å². The summed E-state index contributed by atoms with van der Waals surface area (Å²) < 4.78 is 5.14. The monoisotopic (exact) mass is 186 g/mol. The van der Waals surface area contributed by atoms with Gasteiger partial charge in [-0.1, -0.05) is 0 Å². The molecule has 0 saturated heterocycles. The molecule has 0 bridgehead atoms. The van der Waals surface area contributed by atoms with Crippen molar-refractivity contribution in [2.75, 3.05) is 7.11 Å². The number of rotatable bonds is 4. The SMILES string of the molecule is COC1CC(NC(C)(C)C(N)=O)C1. The maximum absolute atomic E-state index is 11.0. The molecule has 0 aromatic rings. The third-order valence-electron chi connectivity index (χ3n) is 2.61. The predicted molar refractivity (Wildman–Crippen MR) is 50.2 cm³/mol. The molecule has 76 valence electrons. The van der Waals surface area contributed by atoms with Crippen LogP contribution in [0.5, 0.6) is 0 Å². The number of methoxy groups -OCH3 is 1. The molecule has 1 rings (SSSR count). The molecule has 0 radical (unpaired) electrons. The Morgan fingerprint density at radius 1 is 1.54 bits per heavy atom. The van der Waals surface area contributed by atoms with Crippen LogP contribution in [0.2, 0.25) is 0 Å². The van der Waals surface area contributed by atoms with Crippen molar-refractivity contribution in [1.29, 1.82) is 0 Å². The largest absolute Gasteiger partial charge is 0.381 e. The van der Waals surface area contributed by atoms with Crippen molar-refractivity contribution in [3.8, 4) is 0 Å². The van der Waals surface area contributed by atoms with E-state index in [1.54, 1.807) is 21.0 Å². The number of ether oxygens (including phenoxy) is 1. The van der Waals surface area contributed by atoms with Crippen molar-refractivity contribution >= 4 is 5.91 Å². The molecular weight excluding hydrogens is 168 g/mol. The summed E-state index contributed by atoms with van der Waals surface area (Å²) in [4.78, 5) is 11.0. The summed E-state index contributed by atoms with van der Waals surface area (Å²) in [6, 6.07) is 0.368. The Morgan fingerprint density at radius 2 is 2.08 bits per heavy atom. The fourth-order valence-electron chi connectivity index (χ4n) is 1.46. The van der Waals surface area contributed by atoms with Crippen LogP contribution in [-0.2, 0) is 9.53 Å². The van der Waals surface area contributed by atoms with Crippen LogP contribution in [0.1, 0.15) is 26.7 Å². The molecule has 4 nitrogen and oxygen atoms in total. The van der Waals surface area contributed by atoms with Gasteiger partial charge in [-0.05, 0) is 26.7 Å². The number of carbonyl (C=O) groups excluding carboxylic acids is 1. The predicted octanol–water partition coefficient (Wildman–Crippen LogP) is 0.0173. The summed E-state index contributed by atoms with van der Waals surface area (Å²) >= 11 is 0. The fraction of sp³-hybridized carbons (Fsp3) is 0.889. The molecule has 1 fully saturated rings. The Morgan fingerprint density at radius 3 is 2.46 bits per heavy atom. The van der Waals surface area contributed by atoms with Crippen LogP contribution < -0.4 is 11.1 Å². The number of amides is 1. The zero-order valence-corrected chi connectivity index (χ0v) is 8.46. The average Bonchev–Trinajstić information content (AvgIpc) is 1.95. The summed E-state index contributed by atoms with van der Waals surface area (Å²) in [5, 5.41) is 3.20. The number of nitrogens with two attached hydrogens (primary N) is 1. The minimum Gasteiger partial charge on any atom is -0.381 e. The van der Waals surface area contributed by atoms with Crippen molar-refractivity contribution in [1.82, 2.24) is 5.32 Å². The quantitative estimate of drug-likeness (QED) is 0.650. The highest BCUT2D eigenvalue weighted by molar-refractivity contribution is 5.83. The molecule has 1 saturated carbocycles. The second-order valence-corrected chi connectivity index (χ2v) is 4.16. The zero-order chi connectivity index (χ0) is 10.1. The Balaban J connectivity index is 2.31. The molecule has 0 heterocycles. The van der Waals surface area contributed by atoms with Crippen LogP contribution in [0.25, 0.3) is 0 Å². The molecule has 0 aromatic carbocycles. The van der Waals surface area contributed by atoms with Crippen molar-refractivity contribution in [2.45, 2.75) is 44.4 Å². The Hall–Kier alpha value is -0.610. The lowest BCUT2D eigenvalue weighted by Gasteiger charge is -2.39. The van der Waals surface area contributed by atoms with E-state index in [0.29, 0.717) is 12.1 Å². The number of nitrogens with one attached hydrogen (secondary N) is 1. The molecule has 0 aliphatic heterocycles. The third-order valence-corrected chi connectivity index (χ3v) is 2.61. The van der Waals surface area contributed by atoms with Gasteiger partial charge in [0.15, 0.2) is 0 Å². The lowest BCUT2D eigenvalue weighted by Crippen LogP contribution is -2.58. The van der Waals surface area contributed by atoms with Crippen molar-refractivity contribution in [3.63, 3.8) is 0 Å². The fourth-order valence-corrected chi connectivity index (χ4v) is 1.46. The number of carbonyl (C=O) groups is 1. The van der Waals surface area contributed by atoms with E-state index in [4.69, 9.17) is 10.5 Å². The number of primary amides is 1. The highest BCUT2D eigenvalue weighted by Crippen LogP contribution is 2.24. The van der Waals surface area contributed by atoms with Gasteiger partial charge in [0.2, 0.25) is 5.91 Å². The first-order chi connectivity index (χ1) is 5.95. The van der Waals surface area contributed by atoms with E-state index in [-0.39, 0.29) is 5.91 Å². The maximum Gasteiger partial charge on any atom is 0.237 e. The van der Waals surface area contributed by atoms with Gasteiger partial charge in [0.25, 0.3) is 0 Å². The van der Waals surface area contributed by atoms with Crippen molar-refractivity contribution in [3.05, 3.63) is 0 Å². The number of hydrogen-bond donors (Lipinski definition) is 2. The minimum atomic E-state index is -0.608. The average molecular weight is 186 g/mol. The Bertz CT molecular complexity index is 198. The van der Waals surface area contributed by atoms with E-state index in [2.05, 4.69) is 5.32 Å². The normalized spacial score (nSPS) is 28.2. The van der Waals surface area contributed by atoms with E-state index in [9.17, 15) is 4.79 Å². The van der Waals surface area contributed by atoms with E-state index < -0.39 is 5.54 Å². The van der Waals surface area contributed by atoms with Gasteiger partial charge >= 0.3 is 0 Å². The molecule has 1 aliphatic rings. The molecule has 3 N–H and O–H groups in total. The molecular formula is C9H18N2O2. The maximum atomic E-state index is 11.0. The molecule has 13 heavy (non-hydrogen) atoms. The lowest BCUT2D eigenvalue weighted by molar-refractivity contribution is -0.124. The molecule has 4 heteroatoms. The van der Waals surface area contributed by atoms with Gasteiger partial charge in [-0.3, -0.25) is 4.79 Å². The molecule has 0 atom stereocenters. The molecule has 0 spiro atoms. The van der Waals surface area contributed by atoms with E-state index in [1.165, 1.54) is 0 Å². The summed E-state index contributed by atoms with van der Waals surface area (Å²) in [6.07, 6.45) is 2.28. The molecule has 1 amide bonds. The van der Waals surface area contributed by atoms with Gasteiger partial charge in [0.1, 0.15) is 0 Å². The topological polar surface area (TPSA) is 64.3 Å². The van der Waals surface area contributed by atoms with Gasteiger partial charge in [-0.2, -0.15) is 0 Å². The molecule has 0 unspecified atom stereocenters. The van der Waals surface area contributed by atoms with Crippen LogP contribution in [-0.4, -0.2) is 30.7 Å². The minimum absolute atomic E-state index is 0.312. The van der Waals surface area contributed by atoms with Crippen LogP contribution in [0, 0.1) is 0 Å².